The predicted octanol–water partition coefficient (Wildman–Crippen LogP) is 5.10. The van der Waals surface area contributed by atoms with Crippen molar-refractivity contribution >= 4 is 27.6 Å². The van der Waals surface area contributed by atoms with Crippen LogP contribution in [0.1, 0.15) is 51.0 Å². The van der Waals surface area contributed by atoms with E-state index in [0.29, 0.717) is 17.9 Å². The maximum Gasteiger partial charge on any atom is 0.407 e. The lowest BCUT2D eigenvalue weighted by Crippen LogP contribution is -2.50. The monoisotopic (exact) mass is 477 g/mol. The van der Waals surface area contributed by atoms with E-state index in [0.717, 1.165) is 49.0 Å². The second kappa shape index (κ2) is 7.99. The van der Waals surface area contributed by atoms with Gasteiger partial charge in [-0.25, -0.2) is 19.7 Å². The lowest BCUT2D eigenvalue weighted by atomic mass is 9.79. The Labute approximate surface area is 203 Å². The maximum atomic E-state index is 12.1. The maximum absolute atomic E-state index is 12.1. The zero-order chi connectivity index (χ0) is 23.6. The third-order valence-corrected chi connectivity index (χ3v) is 9.33. The highest BCUT2D eigenvalue weighted by Crippen LogP contribution is 2.48. The smallest absolute Gasteiger partial charge is 0.407 e. The molecule has 6 rings (SSSR count). The molecule has 8 heteroatoms. The van der Waals surface area contributed by atoms with Crippen LogP contribution in [0.25, 0.3) is 21.3 Å². The first-order chi connectivity index (χ1) is 16.3. The van der Waals surface area contributed by atoms with Gasteiger partial charge in [-0.3, -0.25) is 4.90 Å². The van der Waals surface area contributed by atoms with Gasteiger partial charge in [0.05, 0.1) is 21.3 Å². The normalized spacial score (nSPS) is 29.4. The van der Waals surface area contributed by atoms with Crippen LogP contribution in [0.4, 0.5) is 4.79 Å². The average molecular weight is 478 g/mol. The molecule has 1 amide bonds. The molecule has 1 aromatic carbocycles. The number of thiazole rings is 1. The van der Waals surface area contributed by atoms with Crippen molar-refractivity contribution in [2.75, 3.05) is 13.1 Å². The van der Waals surface area contributed by atoms with E-state index in [9.17, 15) is 9.90 Å². The molecule has 3 aromatic rings. The van der Waals surface area contributed by atoms with E-state index in [1.165, 1.54) is 9.71 Å². The van der Waals surface area contributed by atoms with Crippen LogP contribution >= 0.6 is 11.3 Å². The van der Waals surface area contributed by atoms with Crippen LogP contribution in [0.5, 0.6) is 0 Å². The molecule has 178 valence electrons. The summed E-state index contributed by atoms with van der Waals surface area (Å²) in [6.07, 6.45) is 7.70. The number of benzene rings is 1. The molecule has 0 spiro atoms. The van der Waals surface area contributed by atoms with Gasteiger partial charge in [0.2, 0.25) is 0 Å². The quantitative estimate of drug-likeness (QED) is 0.565. The first-order valence-corrected chi connectivity index (χ1v) is 13.0. The molecule has 34 heavy (non-hydrogen) atoms. The van der Waals surface area contributed by atoms with Crippen LogP contribution in [0, 0.1) is 11.3 Å². The van der Waals surface area contributed by atoms with Crippen molar-refractivity contribution in [2.45, 2.75) is 64.1 Å². The number of hydrogen-bond acceptors (Lipinski definition) is 6. The van der Waals surface area contributed by atoms with Crippen molar-refractivity contribution in [3.8, 4) is 11.1 Å². The Hall–Kier alpha value is -2.58. The number of likely N-dealkylation sites (tertiary alicyclic amines) is 2. The highest BCUT2D eigenvalue weighted by Gasteiger charge is 2.53. The number of aromatic nitrogens is 3. The molecule has 3 aliphatic rings. The molecule has 3 fully saturated rings. The molecule has 4 heterocycles. The SMILES string of the molecule is CC(C)(C)C1CC2CN(C3CC(c4nc5ccc(-c6cncnc6)cc5s4)C3)CC2N1C(=O)O. The number of fused-ring (bicyclic) bond motifs is 2. The summed E-state index contributed by atoms with van der Waals surface area (Å²) in [7, 11) is 0. The fourth-order valence-electron chi connectivity index (χ4n) is 6.24. The fourth-order valence-corrected chi connectivity index (χ4v) is 7.37. The lowest BCUT2D eigenvalue weighted by Gasteiger charge is -2.42. The molecule has 2 aromatic heterocycles. The Morgan fingerprint density at radius 2 is 1.85 bits per heavy atom. The van der Waals surface area contributed by atoms with Crippen LogP contribution < -0.4 is 0 Å². The van der Waals surface area contributed by atoms with Crippen molar-refractivity contribution in [2.24, 2.45) is 11.3 Å². The van der Waals surface area contributed by atoms with Gasteiger partial charge in [0.1, 0.15) is 6.33 Å². The number of rotatable bonds is 3. The summed E-state index contributed by atoms with van der Waals surface area (Å²) < 4.78 is 1.21. The Morgan fingerprint density at radius 3 is 2.56 bits per heavy atom. The van der Waals surface area contributed by atoms with Crippen LogP contribution in [0.15, 0.2) is 36.9 Å². The summed E-state index contributed by atoms with van der Waals surface area (Å²) in [6, 6.07) is 7.19. The Kier molecular flexibility index (Phi) is 5.15. The number of amides is 1. The van der Waals surface area contributed by atoms with E-state index < -0.39 is 6.09 Å². The van der Waals surface area contributed by atoms with Crippen molar-refractivity contribution in [1.82, 2.24) is 24.8 Å². The van der Waals surface area contributed by atoms with Gasteiger partial charge in [-0.15, -0.1) is 11.3 Å². The van der Waals surface area contributed by atoms with Crippen molar-refractivity contribution in [3.63, 3.8) is 0 Å². The molecule has 1 saturated carbocycles. The molecular formula is C26H31N5O2S. The Balaban J connectivity index is 1.12. The fraction of sp³-hybridized carbons (Fsp3) is 0.538. The minimum atomic E-state index is -0.753. The van der Waals surface area contributed by atoms with E-state index >= 15 is 0 Å². The van der Waals surface area contributed by atoms with E-state index in [2.05, 4.69) is 53.8 Å². The molecule has 0 bridgehead atoms. The summed E-state index contributed by atoms with van der Waals surface area (Å²) >= 11 is 1.80. The van der Waals surface area contributed by atoms with Gasteiger partial charge in [-0.05, 0) is 48.3 Å². The van der Waals surface area contributed by atoms with E-state index in [1.807, 2.05) is 12.4 Å². The summed E-state index contributed by atoms with van der Waals surface area (Å²) in [5.41, 5.74) is 3.18. The van der Waals surface area contributed by atoms with Gasteiger partial charge in [0, 0.05) is 49.0 Å². The van der Waals surface area contributed by atoms with Gasteiger partial charge in [-0.1, -0.05) is 26.8 Å². The van der Waals surface area contributed by atoms with Crippen LogP contribution in [-0.2, 0) is 0 Å². The molecule has 2 aliphatic heterocycles. The molecule has 7 nitrogen and oxygen atoms in total. The summed E-state index contributed by atoms with van der Waals surface area (Å²) in [4.78, 5) is 29.6. The summed E-state index contributed by atoms with van der Waals surface area (Å²) in [5, 5.41) is 11.2. The standard InChI is InChI=1S/C26H31N5O2S/c1-26(2,3)23-9-17-12-30(13-21(17)31(23)25(32)33)19-6-16(7-19)24-29-20-5-4-15(8-22(20)34-24)18-10-27-14-28-11-18/h4-5,8,10-11,14,16-17,19,21,23H,6-7,9,12-13H2,1-3H3,(H,32,33). The van der Waals surface area contributed by atoms with Crippen molar-refractivity contribution < 1.29 is 9.90 Å². The highest BCUT2D eigenvalue weighted by molar-refractivity contribution is 7.18. The number of carboxylic acid groups (broad SMARTS) is 1. The topological polar surface area (TPSA) is 82.5 Å². The van der Waals surface area contributed by atoms with Gasteiger partial charge in [0.25, 0.3) is 0 Å². The van der Waals surface area contributed by atoms with Gasteiger partial charge in [0.15, 0.2) is 0 Å². The minimum absolute atomic E-state index is 0.0185. The molecule has 2 saturated heterocycles. The highest BCUT2D eigenvalue weighted by atomic mass is 32.1. The Bertz CT molecular complexity index is 1220. The first-order valence-electron chi connectivity index (χ1n) is 12.2. The number of hydrogen-bond donors (Lipinski definition) is 1. The van der Waals surface area contributed by atoms with E-state index in [4.69, 9.17) is 4.98 Å². The molecule has 3 atom stereocenters. The van der Waals surface area contributed by atoms with Crippen molar-refractivity contribution in [3.05, 3.63) is 41.9 Å². The van der Waals surface area contributed by atoms with E-state index in [-0.39, 0.29) is 17.5 Å². The molecule has 3 unspecified atom stereocenters. The van der Waals surface area contributed by atoms with Crippen molar-refractivity contribution in [1.29, 1.82) is 0 Å². The largest absolute Gasteiger partial charge is 0.465 e. The first kappa shape index (κ1) is 21.9. The summed E-state index contributed by atoms with van der Waals surface area (Å²) in [5.74, 6) is 0.964. The summed E-state index contributed by atoms with van der Waals surface area (Å²) in [6.45, 7) is 8.40. The second-order valence-corrected chi connectivity index (χ2v) is 12.3. The zero-order valence-corrected chi connectivity index (χ0v) is 20.7. The van der Waals surface area contributed by atoms with E-state index in [1.54, 1.807) is 22.6 Å². The Morgan fingerprint density at radius 1 is 1.09 bits per heavy atom. The molecule has 1 aliphatic carbocycles. The molecule has 1 N–H and O–H groups in total. The second-order valence-electron chi connectivity index (χ2n) is 11.3. The van der Waals surface area contributed by atoms with Crippen LogP contribution in [-0.4, -0.2) is 67.2 Å². The average Bonchev–Trinajstić information content (AvgIpc) is 3.44. The van der Waals surface area contributed by atoms with Crippen LogP contribution in [0.3, 0.4) is 0 Å². The van der Waals surface area contributed by atoms with Gasteiger partial charge >= 0.3 is 6.09 Å². The van der Waals surface area contributed by atoms with Gasteiger partial charge in [-0.2, -0.15) is 0 Å². The minimum Gasteiger partial charge on any atom is -0.465 e. The van der Waals surface area contributed by atoms with Gasteiger partial charge < -0.3 is 10.0 Å². The third kappa shape index (κ3) is 3.67. The molecular weight excluding hydrogens is 446 g/mol. The number of nitrogens with zero attached hydrogens (tertiary/aromatic N) is 5. The number of carbonyl (C=O) groups is 1. The third-order valence-electron chi connectivity index (χ3n) is 8.15. The van der Waals surface area contributed by atoms with Crippen LogP contribution in [0.2, 0.25) is 0 Å². The lowest BCUT2D eigenvalue weighted by molar-refractivity contribution is 0.0691. The predicted molar refractivity (Wildman–Crippen MR) is 133 cm³/mol. The zero-order valence-electron chi connectivity index (χ0n) is 19.9. The molecule has 0 radical (unpaired) electrons.